The molecule has 0 spiro atoms. The highest BCUT2D eigenvalue weighted by molar-refractivity contribution is 7.80. The van der Waals surface area contributed by atoms with E-state index in [9.17, 15) is 43.8 Å². The maximum atomic E-state index is 14.1. The van der Waals surface area contributed by atoms with Gasteiger partial charge in [0, 0.05) is 31.1 Å². The highest BCUT2D eigenvalue weighted by Gasteiger charge is 2.44. The fraction of sp³-hybridized carbons (Fsp3) is 0.750. The van der Waals surface area contributed by atoms with Crippen LogP contribution in [0.3, 0.4) is 0 Å². The second kappa shape index (κ2) is 23.1. The molecule has 54 heavy (non-hydrogen) atoms. The van der Waals surface area contributed by atoms with Crippen molar-refractivity contribution >= 4 is 72.6 Å². The molecule has 0 unspecified atom stereocenters. The smallest absolute Gasteiger partial charge is 0.327 e. The molecule has 22 heteroatoms. The van der Waals surface area contributed by atoms with Gasteiger partial charge in [-0.2, -0.15) is 25.3 Å². The molecule has 20 nitrogen and oxygen atoms in total. The Morgan fingerprint density at radius 1 is 0.815 bits per heavy atom. The highest BCUT2D eigenvalue weighted by Crippen LogP contribution is 2.26. The Balaban J connectivity index is 2.25. The maximum Gasteiger partial charge on any atom is 0.327 e. The lowest BCUT2D eigenvalue weighted by atomic mass is 10.0. The molecule has 0 bridgehead atoms. The molecule has 14 N–H and O–H groups in total. The van der Waals surface area contributed by atoms with Crippen molar-refractivity contribution in [3.8, 4) is 0 Å². The predicted molar refractivity (Wildman–Crippen MR) is 204 cm³/mol. The molecule has 0 aromatic rings. The first kappa shape index (κ1) is 46.3. The molecule has 306 valence electrons. The van der Waals surface area contributed by atoms with Crippen molar-refractivity contribution in [2.75, 3.05) is 37.7 Å². The summed E-state index contributed by atoms with van der Waals surface area (Å²) in [5.41, 5.74) is 16.7. The zero-order valence-electron chi connectivity index (χ0n) is 30.5. The van der Waals surface area contributed by atoms with Gasteiger partial charge in [0.05, 0.1) is 12.1 Å². The summed E-state index contributed by atoms with van der Waals surface area (Å²) in [4.78, 5) is 95.0. The van der Waals surface area contributed by atoms with Crippen molar-refractivity contribution in [3.63, 3.8) is 0 Å². The zero-order chi connectivity index (χ0) is 40.5. The molecule has 0 aromatic carbocycles. The topological polar surface area (TPSA) is 328 Å². The van der Waals surface area contributed by atoms with Gasteiger partial charge < -0.3 is 63.8 Å². The van der Waals surface area contributed by atoms with Gasteiger partial charge in [-0.25, -0.2) is 4.79 Å². The second-order valence-electron chi connectivity index (χ2n) is 13.4. The summed E-state index contributed by atoms with van der Waals surface area (Å²) in [5, 5.41) is 39.7. The van der Waals surface area contributed by atoms with E-state index in [1.165, 1.54) is 16.7 Å². The van der Waals surface area contributed by atoms with Gasteiger partial charge in [-0.3, -0.25) is 34.2 Å². The lowest BCUT2D eigenvalue weighted by Gasteiger charge is -2.34. The monoisotopic (exact) mass is 803 g/mol. The van der Waals surface area contributed by atoms with Crippen LogP contribution in [0.25, 0.3) is 0 Å². The fourth-order valence-corrected chi connectivity index (χ4v) is 6.68. The van der Waals surface area contributed by atoms with Crippen LogP contribution in [0.4, 0.5) is 0 Å². The molecule has 6 amide bonds. The molecule has 8 atom stereocenters. The van der Waals surface area contributed by atoms with Crippen LogP contribution in [0.2, 0.25) is 0 Å². The van der Waals surface area contributed by atoms with E-state index in [-0.39, 0.29) is 62.8 Å². The Bertz CT molecular complexity index is 1340. The minimum Gasteiger partial charge on any atom is -0.480 e. The number of rotatable bonds is 22. The normalized spacial score (nSPS) is 20.1. The van der Waals surface area contributed by atoms with Crippen LogP contribution in [-0.2, 0) is 33.6 Å². The highest BCUT2D eigenvalue weighted by atomic mass is 32.1. The molecule has 0 aliphatic carbocycles. The molecule has 2 aliphatic rings. The van der Waals surface area contributed by atoms with Gasteiger partial charge in [0.1, 0.15) is 36.3 Å². The van der Waals surface area contributed by atoms with Gasteiger partial charge >= 0.3 is 5.97 Å². The fourth-order valence-electron chi connectivity index (χ4n) is 6.27. The molecule has 0 aromatic heterocycles. The van der Waals surface area contributed by atoms with Crippen LogP contribution in [-0.4, -0.2) is 153 Å². The minimum absolute atomic E-state index is 0.0104. The Labute approximate surface area is 325 Å². The number of unbranched alkanes of at least 4 members (excludes halogenated alkanes) is 1. The van der Waals surface area contributed by atoms with E-state index < -0.39 is 89.8 Å². The van der Waals surface area contributed by atoms with Crippen LogP contribution in [0, 0.1) is 5.41 Å². The Hall–Kier alpha value is -3.86. The van der Waals surface area contributed by atoms with Crippen LogP contribution in [0.5, 0.6) is 0 Å². The van der Waals surface area contributed by atoms with Crippen molar-refractivity contribution < 1.29 is 43.8 Å². The summed E-state index contributed by atoms with van der Waals surface area (Å²) in [6.45, 7) is 2.24. The summed E-state index contributed by atoms with van der Waals surface area (Å²) in [5.74, 6) is -5.77. The number of hydrogen-bond acceptors (Lipinski definition) is 13. The van der Waals surface area contributed by atoms with Gasteiger partial charge in [0.2, 0.25) is 35.4 Å². The first-order valence-electron chi connectivity index (χ1n) is 18.1. The minimum atomic E-state index is -1.43. The number of aliphatic hydroxyl groups is 1. The van der Waals surface area contributed by atoms with Gasteiger partial charge in [0.25, 0.3) is 0 Å². The average molecular weight is 804 g/mol. The summed E-state index contributed by atoms with van der Waals surface area (Å²) < 4.78 is 0. The standard InChI is InChI=1S/C32H57N11O9S2/c1-17(44)24(41-25(45)18(34)15-53)28(48)39-20(7-2-3-11-33)29(49)43-14-6-10-23(43)30(50)42-13-5-9-22(42)27(47)38-19(8-4-12-37-32(35)36)26(46)40-21(16-54)31(51)52/h17-24,44,53-54H,2-16,33-34H2,1H3,(H,38,47)(H,39,48)(H,40,46)(H,41,45)(H,51,52)(H4,35,36,37)/t17-,18+,19+,20+,21+,22+,23+,24+/m1/s1. The lowest BCUT2D eigenvalue weighted by Crippen LogP contribution is -2.60. The molecule has 0 radical (unpaired) electrons. The third-order valence-corrected chi connectivity index (χ3v) is 9.99. The molecular formula is C32H57N11O9S2. The molecule has 2 saturated heterocycles. The average Bonchev–Trinajstić information content (AvgIpc) is 3.83. The number of likely N-dealkylation sites (tertiary alicyclic amines) is 2. The maximum absolute atomic E-state index is 14.1. The van der Waals surface area contributed by atoms with Crippen LogP contribution in [0.15, 0.2) is 0 Å². The number of aliphatic carboxylic acids is 1. The summed E-state index contributed by atoms with van der Waals surface area (Å²) >= 11 is 7.96. The van der Waals surface area contributed by atoms with Crippen molar-refractivity contribution in [1.29, 1.82) is 5.41 Å². The number of aliphatic hydroxyl groups excluding tert-OH is 1. The number of amides is 6. The van der Waals surface area contributed by atoms with E-state index in [4.69, 9.17) is 22.6 Å². The first-order valence-corrected chi connectivity index (χ1v) is 19.3. The second-order valence-corrected chi connectivity index (χ2v) is 14.1. The summed E-state index contributed by atoms with van der Waals surface area (Å²) in [6, 6.07) is -8.05. The van der Waals surface area contributed by atoms with Gasteiger partial charge in [-0.1, -0.05) is 0 Å². The summed E-state index contributed by atoms with van der Waals surface area (Å²) in [6.07, 6.45) is 1.64. The Morgan fingerprint density at radius 3 is 2.00 bits per heavy atom. The number of nitrogens with two attached hydrogens (primary N) is 3. The number of hydrogen-bond donors (Lipinski definition) is 13. The summed E-state index contributed by atoms with van der Waals surface area (Å²) in [7, 11) is 0. The largest absolute Gasteiger partial charge is 0.480 e. The van der Waals surface area contributed by atoms with Crippen molar-refractivity contribution in [3.05, 3.63) is 0 Å². The predicted octanol–water partition coefficient (Wildman–Crippen LogP) is -4.05. The number of carbonyl (C=O) groups excluding carboxylic acids is 6. The van der Waals surface area contributed by atoms with Crippen LogP contribution >= 0.6 is 25.3 Å². The number of nitrogens with zero attached hydrogens (tertiary/aromatic N) is 2. The first-order chi connectivity index (χ1) is 25.6. The third kappa shape index (κ3) is 13.8. The molecule has 0 saturated carbocycles. The van der Waals surface area contributed by atoms with Gasteiger partial charge in [-0.05, 0) is 71.3 Å². The number of carboxylic acid groups (broad SMARTS) is 1. The number of nitrogens with one attached hydrogen (secondary N) is 6. The molecule has 2 aliphatic heterocycles. The van der Waals surface area contributed by atoms with E-state index in [1.54, 1.807) is 0 Å². The lowest BCUT2D eigenvalue weighted by molar-refractivity contribution is -0.148. The van der Waals surface area contributed by atoms with E-state index >= 15 is 0 Å². The molecule has 2 fully saturated rings. The van der Waals surface area contributed by atoms with E-state index in [0.717, 1.165) is 0 Å². The quantitative estimate of drug-likeness (QED) is 0.0215. The Kier molecular flexibility index (Phi) is 19.8. The number of carboxylic acids is 1. The molecule has 2 rings (SSSR count). The third-order valence-electron chi connectivity index (χ3n) is 9.23. The van der Waals surface area contributed by atoms with Crippen molar-refractivity contribution in [1.82, 2.24) is 36.4 Å². The van der Waals surface area contributed by atoms with Crippen LogP contribution in [0.1, 0.15) is 64.7 Å². The van der Waals surface area contributed by atoms with Gasteiger partial charge in [0.15, 0.2) is 5.96 Å². The Morgan fingerprint density at radius 2 is 1.43 bits per heavy atom. The van der Waals surface area contributed by atoms with Crippen molar-refractivity contribution in [2.45, 2.75) is 113 Å². The SMILES string of the molecule is C[C@@H](O)[C@H](NC(=O)[C@@H](N)CS)C(=O)N[C@@H](CCCCN)C(=O)N1CCC[C@H]1C(=O)N1CCC[C@H]1C(=O)N[C@@H](CCCNC(=N)N)C(=O)N[C@@H](CS)C(=O)O. The van der Waals surface area contributed by atoms with Gasteiger partial charge in [-0.15, -0.1) is 0 Å². The van der Waals surface area contributed by atoms with Crippen LogP contribution < -0.4 is 43.8 Å². The number of guanidine groups is 1. The molecular weight excluding hydrogens is 747 g/mol. The van der Waals surface area contributed by atoms with E-state index in [0.29, 0.717) is 38.6 Å². The number of thiol groups is 2. The van der Waals surface area contributed by atoms with E-state index in [1.807, 2.05) is 0 Å². The number of carbonyl (C=O) groups is 7. The van der Waals surface area contributed by atoms with E-state index in [2.05, 4.69) is 51.8 Å². The molecule has 2 heterocycles. The van der Waals surface area contributed by atoms with Crippen molar-refractivity contribution in [2.24, 2.45) is 17.2 Å². The zero-order valence-corrected chi connectivity index (χ0v) is 32.3.